The first-order valence-corrected chi connectivity index (χ1v) is 13.7. The van der Waals surface area contributed by atoms with E-state index in [-0.39, 0.29) is 36.4 Å². The monoisotopic (exact) mass is 535 g/mol. The number of carbonyl (C=O) groups excluding carboxylic acids is 3. The van der Waals surface area contributed by atoms with Gasteiger partial charge in [0, 0.05) is 56.0 Å². The summed E-state index contributed by atoms with van der Waals surface area (Å²) in [4.78, 5) is 46.3. The van der Waals surface area contributed by atoms with E-state index in [2.05, 4.69) is 22.5 Å². The highest BCUT2D eigenvalue weighted by Crippen LogP contribution is 2.50. The lowest BCUT2D eigenvalue weighted by molar-refractivity contribution is -0.117. The maximum atomic E-state index is 13.1. The summed E-state index contributed by atoms with van der Waals surface area (Å²) in [6.07, 6.45) is 1.79. The highest BCUT2D eigenvalue weighted by atomic mass is 16.6. The fraction of sp³-hybridized carbons (Fsp3) is 0.533. The number of aromatic nitrogens is 1. The highest BCUT2D eigenvalue weighted by Gasteiger charge is 2.47. The van der Waals surface area contributed by atoms with Gasteiger partial charge in [0.25, 0.3) is 5.91 Å². The molecule has 3 amide bonds. The van der Waals surface area contributed by atoms with Crippen LogP contribution in [0.4, 0.5) is 16.3 Å². The van der Waals surface area contributed by atoms with Gasteiger partial charge in [0.1, 0.15) is 11.4 Å². The number of hydrogen-bond acceptors (Lipinski definition) is 6. The third-order valence-electron chi connectivity index (χ3n) is 7.32. The first-order valence-electron chi connectivity index (χ1n) is 13.7. The Balaban J connectivity index is 1.57. The second kappa shape index (κ2) is 11.2. The second-order valence-electron chi connectivity index (χ2n) is 11.8. The molecular formula is C30H41N5O4. The van der Waals surface area contributed by atoms with Crippen molar-refractivity contribution in [3.8, 4) is 0 Å². The molecule has 1 aromatic carbocycles. The Morgan fingerprint density at radius 2 is 1.87 bits per heavy atom. The van der Waals surface area contributed by atoms with Crippen molar-refractivity contribution in [1.82, 2.24) is 15.2 Å². The zero-order valence-corrected chi connectivity index (χ0v) is 24.1. The van der Waals surface area contributed by atoms with E-state index in [9.17, 15) is 14.4 Å². The van der Waals surface area contributed by atoms with Gasteiger partial charge >= 0.3 is 6.09 Å². The van der Waals surface area contributed by atoms with Crippen LogP contribution >= 0.6 is 0 Å². The topological polar surface area (TPSA) is 104 Å². The fourth-order valence-electron chi connectivity index (χ4n) is 5.36. The van der Waals surface area contributed by atoms with Gasteiger partial charge in [0.2, 0.25) is 5.91 Å². The van der Waals surface area contributed by atoms with Gasteiger partial charge in [-0.25, -0.2) is 9.78 Å². The Hall–Kier alpha value is -3.62. The van der Waals surface area contributed by atoms with Crippen molar-refractivity contribution in [1.29, 1.82) is 0 Å². The number of rotatable bonds is 7. The zero-order chi connectivity index (χ0) is 28.5. The van der Waals surface area contributed by atoms with Crippen LogP contribution < -0.4 is 15.5 Å². The molecule has 0 bridgehead atoms. The predicted molar refractivity (Wildman–Crippen MR) is 152 cm³/mol. The molecule has 2 aromatic rings. The van der Waals surface area contributed by atoms with Gasteiger partial charge in [-0.05, 0) is 82.3 Å². The molecule has 39 heavy (non-hydrogen) atoms. The van der Waals surface area contributed by atoms with E-state index in [1.165, 1.54) is 4.90 Å². The van der Waals surface area contributed by atoms with Crippen molar-refractivity contribution in [2.45, 2.75) is 72.1 Å². The molecule has 4 rings (SSSR count). The van der Waals surface area contributed by atoms with Gasteiger partial charge in [-0.2, -0.15) is 0 Å². The van der Waals surface area contributed by atoms with Crippen molar-refractivity contribution >= 4 is 29.4 Å². The van der Waals surface area contributed by atoms with E-state index >= 15 is 0 Å². The molecule has 0 saturated heterocycles. The molecule has 1 aliphatic carbocycles. The van der Waals surface area contributed by atoms with E-state index in [0.717, 1.165) is 35.6 Å². The lowest BCUT2D eigenvalue weighted by atomic mass is 9.79. The molecule has 9 heteroatoms. The molecule has 9 nitrogen and oxygen atoms in total. The number of pyridine rings is 1. The molecule has 0 unspecified atom stereocenters. The average molecular weight is 536 g/mol. The number of nitrogens with one attached hydrogen (secondary N) is 2. The number of ether oxygens (including phenoxy) is 1. The molecule has 1 aliphatic heterocycles. The standard InChI is InChI=1S/C30H41N5O4/c1-18-9-8-10-25(32-18)33-26-19(2)27(21-11-12-21)35(20(3)36)24-14-13-22(17-23(24)26)28(37)31-15-16-34(7)29(38)39-30(4,5)6/h8-10,13-14,17,19,21,26-27H,11-12,15-16H2,1-7H3,(H,31,37)(H,32,33)/t19-,26-,27-/m1/s1. The van der Waals surface area contributed by atoms with E-state index in [1.54, 1.807) is 20.0 Å². The van der Waals surface area contributed by atoms with Crippen molar-refractivity contribution in [3.63, 3.8) is 0 Å². The summed E-state index contributed by atoms with van der Waals surface area (Å²) in [5, 5.41) is 6.52. The summed E-state index contributed by atoms with van der Waals surface area (Å²) in [7, 11) is 1.64. The molecule has 2 heterocycles. The number of hydrogen-bond donors (Lipinski definition) is 2. The second-order valence-corrected chi connectivity index (χ2v) is 11.8. The third kappa shape index (κ3) is 6.69. The quantitative estimate of drug-likeness (QED) is 0.522. The Labute approximate surface area is 231 Å². The van der Waals surface area contributed by atoms with Gasteiger partial charge in [-0.15, -0.1) is 0 Å². The Morgan fingerprint density at radius 1 is 1.15 bits per heavy atom. The largest absolute Gasteiger partial charge is 0.444 e. The summed E-state index contributed by atoms with van der Waals surface area (Å²) >= 11 is 0. The summed E-state index contributed by atoms with van der Waals surface area (Å²) in [6, 6.07) is 11.4. The first kappa shape index (κ1) is 28.4. The Morgan fingerprint density at radius 3 is 2.49 bits per heavy atom. The molecule has 2 N–H and O–H groups in total. The van der Waals surface area contributed by atoms with Crippen LogP contribution in [0.5, 0.6) is 0 Å². The van der Waals surface area contributed by atoms with E-state index in [4.69, 9.17) is 4.74 Å². The van der Waals surface area contributed by atoms with Crippen LogP contribution in [0.1, 0.15) is 75.1 Å². The maximum Gasteiger partial charge on any atom is 0.410 e. The van der Waals surface area contributed by atoms with Crippen molar-refractivity contribution in [3.05, 3.63) is 53.2 Å². The van der Waals surface area contributed by atoms with Crippen molar-refractivity contribution < 1.29 is 19.1 Å². The number of aryl methyl sites for hydroxylation is 1. The number of benzene rings is 1. The van der Waals surface area contributed by atoms with E-state index in [0.29, 0.717) is 18.0 Å². The minimum absolute atomic E-state index is 0.00881. The van der Waals surface area contributed by atoms with Crippen molar-refractivity contribution in [2.75, 3.05) is 30.4 Å². The van der Waals surface area contributed by atoms with Gasteiger partial charge in [0.15, 0.2) is 0 Å². The number of nitrogens with zero attached hydrogens (tertiary/aromatic N) is 3. The average Bonchev–Trinajstić information content (AvgIpc) is 3.69. The lowest BCUT2D eigenvalue weighted by Gasteiger charge is -2.46. The predicted octanol–water partition coefficient (Wildman–Crippen LogP) is 4.92. The van der Waals surface area contributed by atoms with E-state index < -0.39 is 11.7 Å². The first-order chi connectivity index (χ1) is 18.4. The van der Waals surface area contributed by atoms with Crippen LogP contribution in [-0.4, -0.2) is 59.6 Å². The molecule has 210 valence electrons. The van der Waals surface area contributed by atoms with Crippen LogP contribution in [0.15, 0.2) is 36.4 Å². The zero-order valence-electron chi connectivity index (χ0n) is 24.1. The summed E-state index contributed by atoms with van der Waals surface area (Å²) < 4.78 is 5.37. The van der Waals surface area contributed by atoms with Gasteiger partial charge in [0.05, 0.1) is 6.04 Å². The fourth-order valence-corrected chi connectivity index (χ4v) is 5.36. The molecule has 2 aliphatic rings. The highest BCUT2D eigenvalue weighted by molar-refractivity contribution is 5.98. The number of likely N-dealkylation sites (N-methyl/N-ethyl adjacent to an activating group) is 1. The van der Waals surface area contributed by atoms with Crippen LogP contribution in [0.3, 0.4) is 0 Å². The SMILES string of the molecule is CC(=O)N1c2ccc(C(=O)NCCN(C)C(=O)OC(C)(C)C)cc2[C@H](Nc2cccc(C)n2)[C@@H](C)[C@@H]1C1CC1. The minimum atomic E-state index is -0.584. The smallest absolute Gasteiger partial charge is 0.410 e. The van der Waals surface area contributed by atoms with E-state index in [1.807, 2.05) is 62.9 Å². The molecule has 1 saturated carbocycles. The van der Waals surface area contributed by atoms with Gasteiger partial charge in [-0.1, -0.05) is 13.0 Å². The summed E-state index contributed by atoms with van der Waals surface area (Å²) in [5.41, 5.74) is 2.57. The molecular weight excluding hydrogens is 494 g/mol. The summed E-state index contributed by atoms with van der Waals surface area (Å²) in [6.45, 7) is 11.8. The Kier molecular flexibility index (Phi) is 8.18. The molecule has 0 radical (unpaired) electrons. The van der Waals surface area contributed by atoms with Crippen molar-refractivity contribution in [2.24, 2.45) is 11.8 Å². The third-order valence-corrected chi connectivity index (χ3v) is 7.32. The normalized spacial score (nSPS) is 20.6. The lowest BCUT2D eigenvalue weighted by Crippen LogP contribution is -2.51. The molecule has 0 spiro atoms. The van der Waals surface area contributed by atoms with Crippen LogP contribution in [0.25, 0.3) is 0 Å². The number of fused-ring (bicyclic) bond motifs is 1. The molecule has 3 atom stereocenters. The minimum Gasteiger partial charge on any atom is -0.444 e. The van der Waals surface area contributed by atoms with Gasteiger partial charge in [-0.3, -0.25) is 9.59 Å². The van der Waals surface area contributed by atoms with Crippen LogP contribution in [0, 0.1) is 18.8 Å². The number of amides is 3. The number of carbonyl (C=O) groups is 3. The number of anilines is 2. The maximum absolute atomic E-state index is 13.1. The van der Waals surface area contributed by atoms with Crippen LogP contribution in [0.2, 0.25) is 0 Å². The molecule has 1 aromatic heterocycles. The van der Waals surface area contributed by atoms with Gasteiger partial charge < -0.3 is 25.2 Å². The summed E-state index contributed by atoms with van der Waals surface area (Å²) in [5.74, 6) is 1.11. The Bertz CT molecular complexity index is 1240. The molecule has 1 fully saturated rings. The van der Waals surface area contributed by atoms with Crippen LogP contribution in [-0.2, 0) is 9.53 Å².